The van der Waals surface area contributed by atoms with Gasteiger partial charge in [-0.25, -0.2) is 28.1 Å². The Balaban J connectivity index is 1.37. The third kappa shape index (κ3) is 4.84. The zero-order valence-electron chi connectivity index (χ0n) is 20.6. The number of nitriles is 1. The highest BCUT2D eigenvalue weighted by Gasteiger charge is 2.38. The Morgan fingerprint density at radius 3 is 2.68 bits per heavy atom. The number of alkyl halides is 2. The van der Waals surface area contributed by atoms with Crippen molar-refractivity contribution in [3.05, 3.63) is 59.4 Å². The lowest BCUT2D eigenvalue weighted by Gasteiger charge is -2.18. The molecular formula is C25H23F3N8O2. The van der Waals surface area contributed by atoms with Gasteiger partial charge in [-0.15, -0.1) is 0 Å². The van der Waals surface area contributed by atoms with Crippen LogP contribution >= 0.6 is 0 Å². The SMILES string of the molecule is COc1cc(N2CCC(F)(F)C2)ncc1Cn1cc2c(NCc3c(C#N)ccc(OC)c3F)ncnc2n1. The zero-order chi connectivity index (χ0) is 26.9. The van der Waals surface area contributed by atoms with Crippen molar-refractivity contribution in [2.75, 3.05) is 37.5 Å². The molecule has 5 rings (SSSR count). The molecule has 196 valence electrons. The Morgan fingerprint density at radius 1 is 1.16 bits per heavy atom. The number of fused-ring (bicyclic) bond motifs is 1. The van der Waals surface area contributed by atoms with E-state index in [1.807, 2.05) is 6.07 Å². The van der Waals surface area contributed by atoms with Crippen LogP contribution in [0, 0.1) is 17.1 Å². The minimum Gasteiger partial charge on any atom is -0.496 e. The first-order valence-corrected chi connectivity index (χ1v) is 11.6. The molecule has 1 saturated heterocycles. The van der Waals surface area contributed by atoms with Crippen molar-refractivity contribution < 1.29 is 22.6 Å². The van der Waals surface area contributed by atoms with Crippen LogP contribution in [0.5, 0.6) is 11.5 Å². The summed E-state index contributed by atoms with van der Waals surface area (Å²) < 4.78 is 54.2. The predicted molar refractivity (Wildman–Crippen MR) is 132 cm³/mol. The first-order valence-electron chi connectivity index (χ1n) is 11.6. The lowest BCUT2D eigenvalue weighted by molar-refractivity contribution is 0.0256. The van der Waals surface area contributed by atoms with Crippen molar-refractivity contribution in [3.8, 4) is 17.6 Å². The molecule has 13 heteroatoms. The van der Waals surface area contributed by atoms with Gasteiger partial charge in [0, 0.05) is 49.1 Å². The molecule has 0 amide bonds. The Labute approximate surface area is 215 Å². The standard InChI is InChI=1S/C25H23F3N8O2/c1-37-19-4-3-15(8-29)17(22(19)26)10-31-23-18-12-36(34-24(18)33-14-32-23)11-16-9-30-21(7-20(16)38-2)35-6-5-25(27,28)13-35/h3-4,7,9,12,14H,5-6,10-11,13H2,1-2H3,(H,31,32,33,34). The molecule has 3 aromatic heterocycles. The molecule has 10 nitrogen and oxygen atoms in total. The molecule has 0 bridgehead atoms. The Hall–Kier alpha value is -4.60. The van der Waals surface area contributed by atoms with Crippen LogP contribution in [0.3, 0.4) is 0 Å². The molecule has 4 heterocycles. The van der Waals surface area contributed by atoms with Gasteiger partial charge in [-0.2, -0.15) is 10.4 Å². The van der Waals surface area contributed by atoms with Crippen LogP contribution in [0.25, 0.3) is 11.0 Å². The normalized spacial score (nSPS) is 14.5. The predicted octanol–water partition coefficient (Wildman–Crippen LogP) is 3.76. The first kappa shape index (κ1) is 25.1. The third-order valence-corrected chi connectivity index (χ3v) is 6.32. The molecule has 1 N–H and O–H groups in total. The number of ether oxygens (including phenoxy) is 2. The summed E-state index contributed by atoms with van der Waals surface area (Å²) in [4.78, 5) is 14.4. The van der Waals surface area contributed by atoms with Crippen LogP contribution in [0.15, 0.2) is 36.9 Å². The maximum absolute atomic E-state index is 14.8. The van der Waals surface area contributed by atoms with Gasteiger partial charge in [-0.05, 0) is 12.1 Å². The molecule has 0 atom stereocenters. The number of hydrogen-bond acceptors (Lipinski definition) is 9. The van der Waals surface area contributed by atoms with E-state index < -0.39 is 11.7 Å². The second kappa shape index (κ2) is 10.0. The summed E-state index contributed by atoms with van der Waals surface area (Å²) in [5.41, 5.74) is 1.42. The van der Waals surface area contributed by atoms with Crippen LogP contribution in [-0.2, 0) is 13.1 Å². The van der Waals surface area contributed by atoms with Crippen molar-refractivity contribution in [3.63, 3.8) is 0 Å². The number of nitrogens with zero attached hydrogens (tertiary/aromatic N) is 7. The summed E-state index contributed by atoms with van der Waals surface area (Å²) in [7, 11) is 2.86. The molecule has 0 aliphatic carbocycles. The molecule has 0 spiro atoms. The summed E-state index contributed by atoms with van der Waals surface area (Å²) in [6.45, 7) is 0.0947. The number of rotatable bonds is 8. The van der Waals surface area contributed by atoms with Gasteiger partial charge in [0.25, 0.3) is 5.92 Å². The molecule has 0 unspecified atom stereocenters. The average Bonchev–Trinajstić information content (AvgIpc) is 3.50. The van der Waals surface area contributed by atoms with E-state index in [4.69, 9.17) is 9.47 Å². The zero-order valence-corrected chi connectivity index (χ0v) is 20.6. The van der Waals surface area contributed by atoms with Gasteiger partial charge in [0.1, 0.15) is 23.7 Å². The lowest BCUT2D eigenvalue weighted by atomic mass is 10.1. The molecule has 1 aromatic carbocycles. The summed E-state index contributed by atoms with van der Waals surface area (Å²) >= 11 is 0. The van der Waals surface area contributed by atoms with Gasteiger partial charge in [0.15, 0.2) is 17.2 Å². The second-order valence-corrected chi connectivity index (χ2v) is 8.74. The maximum Gasteiger partial charge on any atom is 0.266 e. The van der Waals surface area contributed by atoms with Crippen LogP contribution < -0.4 is 19.7 Å². The minimum atomic E-state index is -2.73. The molecule has 38 heavy (non-hydrogen) atoms. The van der Waals surface area contributed by atoms with Crippen molar-refractivity contribution in [2.45, 2.75) is 25.4 Å². The topological polar surface area (TPSA) is 114 Å². The fourth-order valence-corrected chi connectivity index (χ4v) is 4.36. The van der Waals surface area contributed by atoms with Crippen LogP contribution in [0.2, 0.25) is 0 Å². The van der Waals surface area contributed by atoms with E-state index in [0.29, 0.717) is 34.0 Å². The van der Waals surface area contributed by atoms with Crippen LogP contribution in [0.4, 0.5) is 24.8 Å². The number of aromatic nitrogens is 5. The highest BCUT2D eigenvalue weighted by molar-refractivity contribution is 5.85. The van der Waals surface area contributed by atoms with Gasteiger partial charge >= 0.3 is 0 Å². The Kier molecular flexibility index (Phi) is 6.62. The smallest absolute Gasteiger partial charge is 0.266 e. The number of methoxy groups -OCH3 is 2. The number of anilines is 2. The molecule has 0 radical (unpaired) electrons. The molecule has 1 aliphatic heterocycles. The molecular weight excluding hydrogens is 501 g/mol. The molecule has 0 saturated carbocycles. The number of hydrogen-bond donors (Lipinski definition) is 1. The van der Waals surface area contributed by atoms with Gasteiger partial charge in [-0.3, -0.25) is 4.68 Å². The van der Waals surface area contributed by atoms with E-state index in [9.17, 15) is 18.4 Å². The Bertz CT molecular complexity index is 1540. The fourth-order valence-electron chi connectivity index (χ4n) is 4.36. The van der Waals surface area contributed by atoms with Gasteiger partial charge < -0.3 is 19.7 Å². The summed E-state index contributed by atoms with van der Waals surface area (Å²) in [6.07, 6.45) is 4.42. The largest absolute Gasteiger partial charge is 0.496 e. The van der Waals surface area contributed by atoms with Gasteiger partial charge in [0.05, 0.1) is 44.3 Å². The maximum atomic E-state index is 14.8. The average molecular weight is 525 g/mol. The number of nitrogens with one attached hydrogen (secondary N) is 1. The van der Waals surface area contributed by atoms with E-state index in [-0.39, 0.29) is 49.5 Å². The number of benzene rings is 1. The second-order valence-electron chi connectivity index (χ2n) is 8.74. The molecule has 1 fully saturated rings. The van der Waals surface area contributed by atoms with Crippen LogP contribution in [-0.4, -0.2) is 58.0 Å². The first-order chi connectivity index (χ1) is 18.3. The van der Waals surface area contributed by atoms with E-state index in [1.54, 1.807) is 23.1 Å². The summed E-state index contributed by atoms with van der Waals surface area (Å²) in [5, 5.41) is 17.5. The van der Waals surface area contributed by atoms with Crippen molar-refractivity contribution in [2.24, 2.45) is 0 Å². The van der Waals surface area contributed by atoms with Crippen LogP contribution in [0.1, 0.15) is 23.1 Å². The van der Waals surface area contributed by atoms with Gasteiger partial charge in [-0.1, -0.05) is 0 Å². The third-order valence-electron chi connectivity index (χ3n) is 6.32. The van der Waals surface area contributed by atoms with Crippen molar-refractivity contribution in [1.82, 2.24) is 24.7 Å². The van der Waals surface area contributed by atoms with E-state index >= 15 is 0 Å². The van der Waals surface area contributed by atoms with Gasteiger partial charge in [0.2, 0.25) is 0 Å². The quantitative estimate of drug-likeness (QED) is 0.368. The monoisotopic (exact) mass is 524 g/mol. The summed E-state index contributed by atoms with van der Waals surface area (Å²) in [6, 6.07) is 6.53. The highest BCUT2D eigenvalue weighted by atomic mass is 19.3. The van der Waals surface area contributed by atoms with E-state index in [0.717, 1.165) is 0 Å². The van der Waals surface area contributed by atoms with E-state index in [1.165, 1.54) is 37.6 Å². The summed E-state index contributed by atoms with van der Waals surface area (Å²) in [5.74, 6) is -2.00. The minimum absolute atomic E-state index is 0.0159. The Morgan fingerprint density at radius 2 is 1.97 bits per heavy atom. The highest BCUT2D eigenvalue weighted by Crippen LogP contribution is 2.32. The molecule has 4 aromatic rings. The molecule has 1 aliphatic rings. The van der Waals surface area contributed by atoms with Crippen molar-refractivity contribution in [1.29, 1.82) is 5.26 Å². The number of halogens is 3. The number of pyridine rings is 1. The van der Waals surface area contributed by atoms with Crippen molar-refractivity contribution >= 4 is 22.7 Å². The fraction of sp³-hybridized carbons (Fsp3) is 0.320. The lowest BCUT2D eigenvalue weighted by Crippen LogP contribution is -2.25. The van der Waals surface area contributed by atoms with E-state index in [2.05, 4.69) is 25.4 Å².